The number of furan rings is 1. The molecule has 1 aliphatic rings. The maximum absolute atomic E-state index is 5.33. The Hall–Kier alpha value is -1.76. The molecule has 0 unspecified atom stereocenters. The number of benzene rings is 1. The van der Waals surface area contributed by atoms with E-state index in [1.165, 1.54) is 16.7 Å². The predicted molar refractivity (Wildman–Crippen MR) is 61.3 cm³/mol. The minimum absolute atomic E-state index is 0.946. The third kappa shape index (κ3) is 1.50. The molecule has 3 rings (SSSR count). The van der Waals surface area contributed by atoms with Gasteiger partial charge in [0, 0.05) is 0 Å². The summed E-state index contributed by atoms with van der Waals surface area (Å²) in [7, 11) is 0. The summed E-state index contributed by atoms with van der Waals surface area (Å²) >= 11 is 0. The van der Waals surface area contributed by atoms with Crippen LogP contribution in [0, 0.1) is 0 Å². The second kappa shape index (κ2) is 3.43. The van der Waals surface area contributed by atoms with Crippen LogP contribution in [0.5, 0.6) is 0 Å². The molecule has 1 nitrogen and oxygen atoms in total. The van der Waals surface area contributed by atoms with Gasteiger partial charge in [-0.2, -0.15) is 0 Å². The molecule has 1 aromatic carbocycles. The van der Waals surface area contributed by atoms with Crippen molar-refractivity contribution in [1.29, 1.82) is 0 Å². The molecular formula is C14H12O. The number of fused-ring (bicyclic) bond motifs is 1. The van der Waals surface area contributed by atoms with Crippen molar-refractivity contribution in [3.63, 3.8) is 0 Å². The van der Waals surface area contributed by atoms with Crippen LogP contribution in [-0.2, 0) is 6.42 Å². The van der Waals surface area contributed by atoms with Gasteiger partial charge in [-0.05, 0) is 47.8 Å². The quantitative estimate of drug-likeness (QED) is 0.676. The summed E-state index contributed by atoms with van der Waals surface area (Å²) in [6.07, 6.45) is 6.14. The molecule has 1 heterocycles. The summed E-state index contributed by atoms with van der Waals surface area (Å²) in [4.78, 5) is 0. The van der Waals surface area contributed by atoms with Crippen LogP contribution in [0.4, 0.5) is 0 Å². The van der Waals surface area contributed by atoms with E-state index in [1.807, 2.05) is 12.1 Å². The lowest BCUT2D eigenvalue weighted by Crippen LogP contribution is -1.78. The molecule has 0 bridgehead atoms. The Bertz CT molecular complexity index is 492. The maximum atomic E-state index is 5.33. The van der Waals surface area contributed by atoms with Gasteiger partial charge in [0.1, 0.15) is 5.76 Å². The van der Waals surface area contributed by atoms with Gasteiger partial charge in [-0.25, -0.2) is 0 Å². The lowest BCUT2D eigenvalue weighted by atomic mass is 10.1. The van der Waals surface area contributed by atoms with E-state index < -0.39 is 0 Å². The zero-order valence-electron chi connectivity index (χ0n) is 8.44. The Morgan fingerprint density at radius 3 is 2.80 bits per heavy atom. The molecule has 0 aliphatic heterocycles. The summed E-state index contributed by atoms with van der Waals surface area (Å²) in [5.74, 6) is 0.946. The first-order chi connectivity index (χ1) is 7.43. The minimum Gasteiger partial charge on any atom is -0.465 e. The number of hydrogen-bond donors (Lipinski definition) is 0. The van der Waals surface area contributed by atoms with Crippen LogP contribution < -0.4 is 0 Å². The molecular weight excluding hydrogens is 184 g/mol. The number of hydrogen-bond acceptors (Lipinski definition) is 1. The third-order valence-electron chi connectivity index (χ3n) is 2.89. The van der Waals surface area contributed by atoms with Gasteiger partial charge in [0.25, 0.3) is 0 Å². The first-order valence-corrected chi connectivity index (χ1v) is 5.26. The minimum atomic E-state index is 0.946. The van der Waals surface area contributed by atoms with Gasteiger partial charge in [0.15, 0.2) is 0 Å². The number of allylic oxidation sites excluding steroid dienone is 1. The van der Waals surface area contributed by atoms with E-state index >= 15 is 0 Å². The summed E-state index contributed by atoms with van der Waals surface area (Å²) in [5, 5.41) is 0. The second-order valence-electron chi connectivity index (χ2n) is 3.84. The maximum Gasteiger partial charge on any atom is 0.126 e. The zero-order valence-corrected chi connectivity index (χ0v) is 8.44. The lowest BCUT2D eigenvalue weighted by Gasteiger charge is -1.98. The number of rotatable bonds is 1. The molecule has 0 atom stereocenters. The van der Waals surface area contributed by atoms with E-state index in [1.54, 1.807) is 6.26 Å². The molecule has 1 aliphatic carbocycles. The Morgan fingerprint density at radius 1 is 1.00 bits per heavy atom. The molecule has 0 saturated heterocycles. The van der Waals surface area contributed by atoms with Crippen LogP contribution in [0.1, 0.15) is 23.3 Å². The largest absolute Gasteiger partial charge is 0.465 e. The van der Waals surface area contributed by atoms with E-state index in [9.17, 15) is 0 Å². The average molecular weight is 196 g/mol. The molecule has 0 amide bonds. The molecule has 15 heavy (non-hydrogen) atoms. The summed E-state index contributed by atoms with van der Waals surface area (Å²) < 4.78 is 5.33. The monoisotopic (exact) mass is 196 g/mol. The fourth-order valence-electron chi connectivity index (χ4n) is 2.15. The smallest absolute Gasteiger partial charge is 0.126 e. The van der Waals surface area contributed by atoms with E-state index in [-0.39, 0.29) is 0 Å². The fourth-order valence-corrected chi connectivity index (χ4v) is 2.15. The average Bonchev–Trinajstić information content (AvgIpc) is 2.89. The molecule has 0 radical (unpaired) electrons. The van der Waals surface area contributed by atoms with Crippen molar-refractivity contribution in [2.45, 2.75) is 12.8 Å². The summed E-state index contributed by atoms with van der Waals surface area (Å²) in [6, 6.07) is 12.5. The SMILES string of the molecule is C(=C1/CCc2ccccc21)/c1ccco1. The van der Waals surface area contributed by atoms with Crippen LogP contribution in [0.25, 0.3) is 11.6 Å². The molecule has 1 heteroatoms. The molecule has 1 aromatic heterocycles. The number of aryl methyl sites for hydroxylation is 1. The summed E-state index contributed by atoms with van der Waals surface area (Å²) in [6.45, 7) is 0. The van der Waals surface area contributed by atoms with Crippen molar-refractivity contribution in [3.8, 4) is 0 Å². The topological polar surface area (TPSA) is 13.1 Å². The van der Waals surface area contributed by atoms with Gasteiger partial charge >= 0.3 is 0 Å². The first-order valence-electron chi connectivity index (χ1n) is 5.26. The highest BCUT2D eigenvalue weighted by Crippen LogP contribution is 2.33. The molecule has 0 spiro atoms. The van der Waals surface area contributed by atoms with Crippen molar-refractivity contribution in [1.82, 2.24) is 0 Å². The van der Waals surface area contributed by atoms with Crippen LogP contribution in [0.15, 0.2) is 47.1 Å². The van der Waals surface area contributed by atoms with E-state index in [0.717, 1.165) is 18.6 Å². The highest BCUT2D eigenvalue weighted by atomic mass is 16.3. The molecule has 0 saturated carbocycles. The van der Waals surface area contributed by atoms with E-state index in [2.05, 4.69) is 30.3 Å². The van der Waals surface area contributed by atoms with Gasteiger partial charge < -0.3 is 4.42 Å². The predicted octanol–water partition coefficient (Wildman–Crippen LogP) is 3.77. The van der Waals surface area contributed by atoms with Crippen molar-refractivity contribution < 1.29 is 4.42 Å². The summed E-state index contributed by atoms with van der Waals surface area (Å²) in [5.41, 5.74) is 4.23. The van der Waals surface area contributed by atoms with Gasteiger partial charge in [0.05, 0.1) is 6.26 Å². The van der Waals surface area contributed by atoms with Gasteiger partial charge in [-0.1, -0.05) is 24.3 Å². The van der Waals surface area contributed by atoms with Gasteiger partial charge in [-0.15, -0.1) is 0 Å². The van der Waals surface area contributed by atoms with Gasteiger partial charge in [0.2, 0.25) is 0 Å². The van der Waals surface area contributed by atoms with Gasteiger partial charge in [-0.3, -0.25) is 0 Å². The molecule has 0 N–H and O–H groups in total. The van der Waals surface area contributed by atoms with Crippen molar-refractivity contribution in [3.05, 3.63) is 59.5 Å². The standard InChI is InChI=1S/C14H12O/c1-2-6-14-11(4-1)7-8-12(14)10-13-5-3-9-15-13/h1-6,9-10H,7-8H2/b12-10+. The second-order valence-corrected chi connectivity index (χ2v) is 3.84. The first kappa shape index (κ1) is 8.54. The lowest BCUT2D eigenvalue weighted by molar-refractivity contribution is 0.557. The Morgan fingerprint density at radius 2 is 1.93 bits per heavy atom. The van der Waals surface area contributed by atoms with E-state index in [4.69, 9.17) is 4.42 Å². The Labute approximate surface area is 89.0 Å². The molecule has 0 fully saturated rings. The third-order valence-corrected chi connectivity index (χ3v) is 2.89. The Kier molecular flexibility index (Phi) is 1.95. The normalized spacial score (nSPS) is 16.9. The molecule has 2 aromatic rings. The fraction of sp³-hybridized carbons (Fsp3) is 0.143. The van der Waals surface area contributed by atoms with Crippen LogP contribution in [0.2, 0.25) is 0 Å². The van der Waals surface area contributed by atoms with Crippen molar-refractivity contribution in [2.75, 3.05) is 0 Å². The van der Waals surface area contributed by atoms with Crippen LogP contribution >= 0.6 is 0 Å². The Balaban J connectivity index is 2.04. The highest BCUT2D eigenvalue weighted by molar-refractivity contribution is 5.84. The highest BCUT2D eigenvalue weighted by Gasteiger charge is 2.15. The zero-order chi connectivity index (χ0) is 10.1. The van der Waals surface area contributed by atoms with Crippen molar-refractivity contribution in [2.24, 2.45) is 0 Å². The van der Waals surface area contributed by atoms with Crippen LogP contribution in [-0.4, -0.2) is 0 Å². The van der Waals surface area contributed by atoms with E-state index in [0.29, 0.717) is 0 Å². The van der Waals surface area contributed by atoms with Crippen LogP contribution in [0.3, 0.4) is 0 Å². The molecule has 74 valence electrons. The van der Waals surface area contributed by atoms with Crippen molar-refractivity contribution >= 4 is 11.6 Å².